The standard InChI is InChI=1S/C23H20ClN3O3S2/c24-18-9-10-20-21(14-18)31-23(26-20)27(15-19-8-4-5-12-25-19)22(28)11-13-32(29,30)16-17-6-2-1-3-7-17/h1-10,12,14H,11,13,15-16H2. The predicted octanol–water partition coefficient (Wildman–Crippen LogP) is 4.88. The number of halogens is 1. The monoisotopic (exact) mass is 485 g/mol. The van der Waals surface area contributed by atoms with Crippen molar-refractivity contribution in [3.05, 3.63) is 89.2 Å². The van der Waals surface area contributed by atoms with Crippen molar-refractivity contribution in [1.82, 2.24) is 9.97 Å². The molecule has 1 amide bonds. The smallest absolute Gasteiger partial charge is 0.230 e. The van der Waals surface area contributed by atoms with Gasteiger partial charge in [-0.05, 0) is 35.9 Å². The number of carbonyl (C=O) groups excluding carboxylic acids is 1. The molecule has 0 spiro atoms. The molecule has 6 nitrogen and oxygen atoms in total. The third-order valence-electron chi connectivity index (χ3n) is 4.77. The summed E-state index contributed by atoms with van der Waals surface area (Å²) in [6.45, 7) is 0.200. The molecular weight excluding hydrogens is 466 g/mol. The summed E-state index contributed by atoms with van der Waals surface area (Å²) in [7, 11) is -3.45. The Morgan fingerprint density at radius 3 is 2.56 bits per heavy atom. The van der Waals surface area contributed by atoms with Gasteiger partial charge in [0.05, 0.1) is 34.0 Å². The SMILES string of the molecule is O=C(CCS(=O)(=O)Cc1ccccc1)N(Cc1ccccn1)c1nc2ccc(Cl)cc2s1. The Morgan fingerprint density at radius 2 is 1.81 bits per heavy atom. The molecule has 0 saturated heterocycles. The maximum absolute atomic E-state index is 13.2. The first-order chi connectivity index (χ1) is 15.4. The largest absolute Gasteiger partial charge is 0.282 e. The van der Waals surface area contributed by atoms with Crippen LogP contribution >= 0.6 is 22.9 Å². The normalized spacial score (nSPS) is 11.5. The number of fused-ring (bicyclic) bond motifs is 1. The van der Waals surface area contributed by atoms with E-state index in [2.05, 4.69) is 9.97 Å². The van der Waals surface area contributed by atoms with Crippen LogP contribution in [0.5, 0.6) is 0 Å². The average molecular weight is 486 g/mol. The van der Waals surface area contributed by atoms with Gasteiger partial charge in [0.2, 0.25) is 5.91 Å². The van der Waals surface area contributed by atoms with E-state index in [1.54, 1.807) is 54.7 Å². The second kappa shape index (κ2) is 9.77. The minimum atomic E-state index is -3.45. The fraction of sp³-hybridized carbons (Fsp3) is 0.174. The zero-order chi connectivity index (χ0) is 22.6. The molecule has 0 atom stereocenters. The second-order valence-corrected chi connectivity index (χ2v) is 10.9. The van der Waals surface area contributed by atoms with Gasteiger partial charge in [0.25, 0.3) is 0 Å². The van der Waals surface area contributed by atoms with Crippen LogP contribution in [0.4, 0.5) is 5.13 Å². The number of sulfone groups is 1. The number of carbonyl (C=O) groups is 1. The summed E-state index contributed by atoms with van der Waals surface area (Å²) in [5, 5.41) is 1.07. The van der Waals surface area contributed by atoms with Crippen LogP contribution in [0.2, 0.25) is 5.02 Å². The highest BCUT2D eigenvalue weighted by Gasteiger charge is 2.23. The number of rotatable bonds is 8. The minimum Gasteiger partial charge on any atom is -0.282 e. The summed E-state index contributed by atoms with van der Waals surface area (Å²) in [4.78, 5) is 23.5. The van der Waals surface area contributed by atoms with Gasteiger partial charge in [-0.2, -0.15) is 0 Å². The molecule has 0 aliphatic heterocycles. The number of thiazole rings is 1. The van der Waals surface area contributed by atoms with Crippen LogP contribution < -0.4 is 4.90 Å². The highest BCUT2D eigenvalue weighted by atomic mass is 35.5. The average Bonchev–Trinajstić information content (AvgIpc) is 3.20. The highest BCUT2D eigenvalue weighted by Crippen LogP contribution is 2.32. The van der Waals surface area contributed by atoms with E-state index in [9.17, 15) is 13.2 Å². The van der Waals surface area contributed by atoms with E-state index in [1.807, 2.05) is 18.2 Å². The fourth-order valence-corrected chi connectivity index (χ4v) is 5.78. The molecule has 0 aliphatic carbocycles. The quantitative estimate of drug-likeness (QED) is 0.355. The molecule has 0 unspecified atom stereocenters. The molecule has 0 saturated carbocycles. The van der Waals surface area contributed by atoms with Crippen molar-refractivity contribution in [1.29, 1.82) is 0 Å². The molecule has 2 aromatic carbocycles. The van der Waals surface area contributed by atoms with Gasteiger partial charge in [0, 0.05) is 17.6 Å². The van der Waals surface area contributed by atoms with Crippen molar-refractivity contribution in [3.63, 3.8) is 0 Å². The molecule has 32 heavy (non-hydrogen) atoms. The Bertz CT molecular complexity index is 1330. The van der Waals surface area contributed by atoms with Gasteiger partial charge < -0.3 is 0 Å². The van der Waals surface area contributed by atoms with Crippen LogP contribution in [0.15, 0.2) is 72.9 Å². The van der Waals surface area contributed by atoms with Crippen molar-refractivity contribution in [2.24, 2.45) is 0 Å². The van der Waals surface area contributed by atoms with Crippen LogP contribution in [0.1, 0.15) is 17.7 Å². The molecular formula is C23H20ClN3O3S2. The number of anilines is 1. The molecule has 9 heteroatoms. The Balaban J connectivity index is 1.55. The number of nitrogens with zero attached hydrogens (tertiary/aromatic N) is 3. The molecule has 0 aliphatic rings. The van der Waals surface area contributed by atoms with Gasteiger partial charge in [0.1, 0.15) is 0 Å². The Labute approximate surface area is 195 Å². The Hall–Kier alpha value is -2.81. The van der Waals surface area contributed by atoms with E-state index < -0.39 is 9.84 Å². The van der Waals surface area contributed by atoms with Gasteiger partial charge >= 0.3 is 0 Å². The van der Waals surface area contributed by atoms with E-state index in [4.69, 9.17) is 11.6 Å². The Kier molecular flexibility index (Phi) is 6.83. The number of hydrogen-bond donors (Lipinski definition) is 0. The topological polar surface area (TPSA) is 80.2 Å². The lowest BCUT2D eigenvalue weighted by Crippen LogP contribution is -2.32. The molecule has 0 fully saturated rings. The fourth-order valence-electron chi connectivity index (χ4n) is 3.20. The minimum absolute atomic E-state index is 0.0962. The van der Waals surface area contributed by atoms with Crippen molar-refractivity contribution in [2.45, 2.75) is 18.7 Å². The van der Waals surface area contributed by atoms with Crippen LogP contribution in [0, 0.1) is 0 Å². The lowest BCUT2D eigenvalue weighted by molar-refractivity contribution is -0.118. The lowest BCUT2D eigenvalue weighted by atomic mass is 10.2. The first-order valence-corrected chi connectivity index (χ1v) is 12.9. The zero-order valence-corrected chi connectivity index (χ0v) is 19.4. The first kappa shape index (κ1) is 22.4. The molecule has 0 N–H and O–H groups in total. The number of amides is 1. The van der Waals surface area contributed by atoms with Crippen LogP contribution in [-0.2, 0) is 26.9 Å². The number of aromatic nitrogens is 2. The summed E-state index contributed by atoms with van der Waals surface area (Å²) in [5.41, 5.74) is 2.11. The van der Waals surface area contributed by atoms with Crippen molar-refractivity contribution in [2.75, 3.05) is 10.7 Å². The Morgan fingerprint density at radius 1 is 1.03 bits per heavy atom. The summed E-state index contributed by atoms with van der Waals surface area (Å²) < 4.78 is 26.0. The molecule has 2 heterocycles. The summed E-state index contributed by atoms with van der Waals surface area (Å²) in [5.74, 6) is -0.658. The molecule has 0 bridgehead atoms. The van der Waals surface area contributed by atoms with E-state index in [0.29, 0.717) is 21.4 Å². The maximum Gasteiger partial charge on any atom is 0.230 e. The summed E-state index contributed by atoms with van der Waals surface area (Å²) in [6.07, 6.45) is 1.51. The van der Waals surface area contributed by atoms with E-state index >= 15 is 0 Å². The van der Waals surface area contributed by atoms with Crippen LogP contribution in [0.3, 0.4) is 0 Å². The van der Waals surface area contributed by atoms with Gasteiger partial charge in [-0.3, -0.25) is 14.7 Å². The first-order valence-electron chi connectivity index (χ1n) is 9.90. The molecule has 0 radical (unpaired) electrons. The predicted molar refractivity (Wildman–Crippen MR) is 129 cm³/mol. The zero-order valence-electron chi connectivity index (χ0n) is 17.0. The maximum atomic E-state index is 13.2. The van der Waals surface area contributed by atoms with Crippen molar-refractivity contribution >= 4 is 54.0 Å². The number of pyridine rings is 1. The van der Waals surface area contributed by atoms with Gasteiger partial charge in [-0.1, -0.05) is 59.3 Å². The summed E-state index contributed by atoms with van der Waals surface area (Å²) >= 11 is 7.42. The van der Waals surface area contributed by atoms with E-state index in [-0.39, 0.29) is 30.4 Å². The third-order valence-corrected chi connectivity index (χ3v) is 7.65. The van der Waals surface area contributed by atoms with Crippen LogP contribution in [-0.4, -0.2) is 30.0 Å². The highest BCUT2D eigenvalue weighted by molar-refractivity contribution is 7.90. The number of benzene rings is 2. The van der Waals surface area contributed by atoms with Crippen molar-refractivity contribution < 1.29 is 13.2 Å². The van der Waals surface area contributed by atoms with Crippen molar-refractivity contribution in [3.8, 4) is 0 Å². The molecule has 4 aromatic rings. The van der Waals surface area contributed by atoms with Gasteiger partial charge in [0.15, 0.2) is 15.0 Å². The van der Waals surface area contributed by atoms with Gasteiger partial charge in [-0.25, -0.2) is 13.4 Å². The lowest BCUT2D eigenvalue weighted by Gasteiger charge is -2.19. The van der Waals surface area contributed by atoms with Gasteiger partial charge in [-0.15, -0.1) is 0 Å². The van der Waals surface area contributed by atoms with E-state index in [1.165, 1.54) is 16.2 Å². The molecule has 164 valence electrons. The third kappa shape index (κ3) is 5.70. The van der Waals surface area contributed by atoms with Crippen LogP contribution in [0.25, 0.3) is 10.2 Å². The second-order valence-electron chi connectivity index (χ2n) is 7.24. The van der Waals surface area contributed by atoms with E-state index in [0.717, 1.165) is 10.2 Å². The number of hydrogen-bond acceptors (Lipinski definition) is 6. The summed E-state index contributed by atoms with van der Waals surface area (Å²) in [6, 6.07) is 19.7. The molecule has 4 rings (SSSR count). The molecule has 2 aromatic heterocycles.